The van der Waals surface area contributed by atoms with E-state index in [0.717, 1.165) is 31.9 Å². The lowest BCUT2D eigenvalue weighted by Crippen LogP contribution is -1.96. The van der Waals surface area contributed by atoms with Crippen molar-refractivity contribution in [2.45, 2.75) is 6.92 Å². The van der Waals surface area contributed by atoms with E-state index in [-0.39, 0.29) is 5.82 Å². The van der Waals surface area contributed by atoms with Crippen LogP contribution in [0.15, 0.2) is 48.8 Å². The zero-order chi connectivity index (χ0) is 18.3. The van der Waals surface area contributed by atoms with E-state index in [0.29, 0.717) is 15.9 Å². The lowest BCUT2D eigenvalue weighted by atomic mass is 10.0. The molecule has 0 fully saturated rings. The van der Waals surface area contributed by atoms with Gasteiger partial charge in [-0.3, -0.25) is 0 Å². The summed E-state index contributed by atoms with van der Waals surface area (Å²) in [6.45, 7) is 2.02. The highest BCUT2D eigenvalue weighted by atomic mass is 35.5. The zero-order valence-corrected chi connectivity index (χ0v) is 15.9. The van der Waals surface area contributed by atoms with Gasteiger partial charge in [-0.1, -0.05) is 35.3 Å². The maximum absolute atomic E-state index is 13.3. The summed E-state index contributed by atoms with van der Waals surface area (Å²) >= 11 is 13.7. The molecule has 26 heavy (non-hydrogen) atoms. The van der Waals surface area contributed by atoms with Crippen LogP contribution in [-0.4, -0.2) is 9.97 Å². The summed E-state index contributed by atoms with van der Waals surface area (Å²) in [6, 6.07) is 11.7. The van der Waals surface area contributed by atoms with Gasteiger partial charge in [0.25, 0.3) is 0 Å². The third-order valence-corrected chi connectivity index (χ3v) is 5.73. The number of fused-ring (bicyclic) bond motifs is 1. The summed E-state index contributed by atoms with van der Waals surface area (Å²) in [5.74, 6) is 0.397. The van der Waals surface area contributed by atoms with Crippen molar-refractivity contribution in [3.63, 3.8) is 0 Å². The molecule has 0 amide bonds. The molecule has 0 radical (unpaired) electrons. The Bertz CT molecular complexity index is 1110. The van der Waals surface area contributed by atoms with Gasteiger partial charge < -0.3 is 5.32 Å². The lowest BCUT2D eigenvalue weighted by Gasteiger charge is -2.10. The topological polar surface area (TPSA) is 37.8 Å². The van der Waals surface area contributed by atoms with Gasteiger partial charge in [0.2, 0.25) is 0 Å². The number of aryl methyl sites for hydroxylation is 1. The number of hydrogen-bond donors (Lipinski definition) is 1. The van der Waals surface area contributed by atoms with Crippen LogP contribution in [0.25, 0.3) is 21.3 Å². The van der Waals surface area contributed by atoms with E-state index in [9.17, 15) is 4.39 Å². The van der Waals surface area contributed by atoms with Crippen LogP contribution >= 0.6 is 34.5 Å². The Labute approximate surface area is 163 Å². The van der Waals surface area contributed by atoms with Crippen molar-refractivity contribution in [1.82, 2.24) is 9.97 Å². The number of rotatable bonds is 3. The molecular weight excluding hydrogens is 392 g/mol. The quantitative estimate of drug-likeness (QED) is 0.406. The van der Waals surface area contributed by atoms with Crippen LogP contribution in [-0.2, 0) is 0 Å². The number of hydrogen-bond acceptors (Lipinski definition) is 4. The molecule has 4 aromatic rings. The monoisotopic (exact) mass is 403 g/mol. The first kappa shape index (κ1) is 17.2. The Kier molecular flexibility index (Phi) is 4.53. The van der Waals surface area contributed by atoms with Gasteiger partial charge in [-0.25, -0.2) is 14.4 Å². The number of halogens is 3. The van der Waals surface area contributed by atoms with Crippen LogP contribution in [0.5, 0.6) is 0 Å². The molecule has 0 bridgehead atoms. The van der Waals surface area contributed by atoms with Crippen LogP contribution in [0.4, 0.5) is 15.9 Å². The van der Waals surface area contributed by atoms with Crippen molar-refractivity contribution in [2.75, 3.05) is 5.32 Å². The van der Waals surface area contributed by atoms with E-state index in [1.165, 1.54) is 18.5 Å². The van der Waals surface area contributed by atoms with Crippen LogP contribution in [0, 0.1) is 12.7 Å². The van der Waals surface area contributed by atoms with E-state index in [4.69, 9.17) is 23.2 Å². The van der Waals surface area contributed by atoms with E-state index in [1.807, 2.05) is 13.0 Å². The second-order valence-corrected chi connectivity index (χ2v) is 7.71. The summed E-state index contributed by atoms with van der Waals surface area (Å²) in [5, 5.41) is 5.13. The van der Waals surface area contributed by atoms with Crippen LogP contribution in [0.2, 0.25) is 10.0 Å². The molecular formula is C19H12Cl2FN3S. The Morgan fingerprint density at radius 1 is 1.00 bits per heavy atom. The smallest absolute Gasteiger partial charge is 0.143 e. The Morgan fingerprint density at radius 2 is 1.77 bits per heavy atom. The van der Waals surface area contributed by atoms with Gasteiger partial charge in [0.1, 0.15) is 22.8 Å². The largest absolute Gasteiger partial charge is 0.340 e. The van der Waals surface area contributed by atoms with Crippen LogP contribution < -0.4 is 5.32 Å². The van der Waals surface area contributed by atoms with E-state index < -0.39 is 0 Å². The van der Waals surface area contributed by atoms with Gasteiger partial charge in [0.05, 0.1) is 15.4 Å². The van der Waals surface area contributed by atoms with Gasteiger partial charge in [-0.2, -0.15) is 0 Å². The number of anilines is 2. The minimum absolute atomic E-state index is 0.267. The third-order valence-electron chi connectivity index (χ3n) is 3.98. The lowest BCUT2D eigenvalue weighted by molar-refractivity contribution is 0.628. The SMILES string of the molecule is Cc1sc2ncnc(Nc3ccc(Cl)c(Cl)c3)c2c1-c1ccc(F)cc1. The van der Waals surface area contributed by atoms with Gasteiger partial charge in [0, 0.05) is 16.1 Å². The number of thiophene rings is 1. The van der Waals surface area contributed by atoms with E-state index >= 15 is 0 Å². The molecule has 0 atom stereocenters. The number of benzene rings is 2. The van der Waals surface area contributed by atoms with Crippen molar-refractivity contribution >= 4 is 56.3 Å². The van der Waals surface area contributed by atoms with Crippen molar-refractivity contribution in [3.05, 3.63) is 69.5 Å². The summed E-state index contributed by atoms with van der Waals surface area (Å²) in [4.78, 5) is 10.7. The highest BCUT2D eigenvalue weighted by Crippen LogP contribution is 2.41. The summed E-state index contributed by atoms with van der Waals surface area (Å²) in [5.41, 5.74) is 2.68. The molecule has 2 aromatic carbocycles. The van der Waals surface area contributed by atoms with Crippen molar-refractivity contribution in [3.8, 4) is 11.1 Å². The second kappa shape index (κ2) is 6.83. The summed E-state index contributed by atoms with van der Waals surface area (Å²) < 4.78 is 13.3. The highest BCUT2D eigenvalue weighted by molar-refractivity contribution is 7.19. The first-order valence-electron chi connectivity index (χ1n) is 7.75. The maximum Gasteiger partial charge on any atom is 0.143 e. The molecule has 2 heterocycles. The summed E-state index contributed by atoms with van der Waals surface area (Å²) in [6.07, 6.45) is 1.52. The minimum Gasteiger partial charge on any atom is -0.340 e. The molecule has 0 aliphatic heterocycles. The van der Waals surface area contributed by atoms with Gasteiger partial charge in [-0.05, 0) is 42.8 Å². The van der Waals surface area contributed by atoms with Gasteiger partial charge in [0.15, 0.2) is 0 Å². The first-order valence-corrected chi connectivity index (χ1v) is 9.32. The third kappa shape index (κ3) is 3.14. The molecule has 0 aliphatic carbocycles. The van der Waals surface area contributed by atoms with Crippen molar-refractivity contribution < 1.29 is 4.39 Å². The predicted molar refractivity (Wildman–Crippen MR) is 107 cm³/mol. The number of aromatic nitrogens is 2. The summed E-state index contributed by atoms with van der Waals surface area (Å²) in [7, 11) is 0. The standard InChI is InChI=1S/C19H12Cl2FN3S/c1-10-16(11-2-4-12(22)5-3-11)17-18(23-9-24-19(17)26-10)25-13-6-7-14(20)15(21)8-13/h2-9H,1H3,(H,23,24,25). The average Bonchev–Trinajstić information content (AvgIpc) is 2.96. The fourth-order valence-electron chi connectivity index (χ4n) is 2.81. The highest BCUT2D eigenvalue weighted by Gasteiger charge is 2.17. The first-order chi connectivity index (χ1) is 12.5. The normalized spacial score (nSPS) is 11.1. The Balaban J connectivity index is 1.87. The van der Waals surface area contributed by atoms with Crippen LogP contribution in [0.3, 0.4) is 0 Å². The van der Waals surface area contributed by atoms with E-state index in [2.05, 4.69) is 15.3 Å². The molecule has 3 nitrogen and oxygen atoms in total. The van der Waals surface area contributed by atoms with Crippen molar-refractivity contribution in [1.29, 1.82) is 0 Å². The second-order valence-electron chi connectivity index (χ2n) is 5.70. The van der Waals surface area contributed by atoms with E-state index in [1.54, 1.807) is 35.6 Å². The molecule has 7 heteroatoms. The van der Waals surface area contributed by atoms with Crippen LogP contribution in [0.1, 0.15) is 4.88 Å². The fourth-order valence-corrected chi connectivity index (χ4v) is 4.12. The molecule has 0 spiro atoms. The predicted octanol–water partition coefficient (Wildman–Crippen LogP) is 6.86. The molecule has 4 rings (SSSR count). The van der Waals surface area contributed by atoms with Gasteiger partial charge >= 0.3 is 0 Å². The maximum atomic E-state index is 13.3. The zero-order valence-electron chi connectivity index (χ0n) is 13.6. The average molecular weight is 404 g/mol. The van der Waals surface area contributed by atoms with Gasteiger partial charge in [-0.15, -0.1) is 11.3 Å². The molecule has 0 aliphatic rings. The minimum atomic E-state index is -0.267. The number of nitrogens with one attached hydrogen (secondary N) is 1. The molecule has 0 unspecified atom stereocenters. The number of nitrogens with zero attached hydrogens (tertiary/aromatic N) is 2. The van der Waals surface area contributed by atoms with Crippen molar-refractivity contribution in [2.24, 2.45) is 0 Å². The Hall–Kier alpha value is -2.21. The Morgan fingerprint density at radius 3 is 2.50 bits per heavy atom. The molecule has 130 valence electrons. The molecule has 0 saturated carbocycles. The molecule has 0 saturated heterocycles. The fraction of sp³-hybridized carbons (Fsp3) is 0.0526. The molecule has 1 N–H and O–H groups in total. The molecule has 2 aromatic heterocycles.